The predicted octanol–water partition coefficient (Wildman–Crippen LogP) is 3.61. The van der Waals surface area contributed by atoms with Crippen LogP contribution in [0.3, 0.4) is 0 Å². The molecule has 4 aromatic rings. The molecule has 0 atom stereocenters. The quantitative estimate of drug-likeness (QED) is 0.439. The molecule has 0 saturated heterocycles. The van der Waals surface area contributed by atoms with Crippen molar-refractivity contribution in [1.29, 1.82) is 0 Å². The maximum Gasteiger partial charge on any atom is 0.260 e. The van der Waals surface area contributed by atoms with Gasteiger partial charge in [0.1, 0.15) is 15.8 Å². The Hall–Kier alpha value is -2.20. The van der Waals surface area contributed by atoms with Crippen molar-refractivity contribution in [1.82, 2.24) is 24.3 Å². The number of anilines is 1. The minimum absolute atomic E-state index is 0.0335. The van der Waals surface area contributed by atoms with Gasteiger partial charge in [-0.25, -0.2) is 14.6 Å². The van der Waals surface area contributed by atoms with Crippen LogP contribution in [-0.4, -0.2) is 24.3 Å². The number of rotatable bonds is 3. The van der Waals surface area contributed by atoms with Crippen LogP contribution >= 0.6 is 34.2 Å². The topological polar surface area (TPSA) is 91.6 Å². The largest absolute Gasteiger partial charge is 0.383 e. The number of nitrogen functional groups attached to an aromatic ring is 1. The first-order valence-corrected chi connectivity index (χ1v) is 9.79. The molecule has 27 heavy (non-hydrogen) atoms. The van der Waals surface area contributed by atoms with Gasteiger partial charge >= 0.3 is 0 Å². The van der Waals surface area contributed by atoms with Gasteiger partial charge in [-0.1, -0.05) is 23.7 Å². The van der Waals surface area contributed by atoms with Crippen LogP contribution < -0.4 is 11.3 Å². The third-order valence-electron chi connectivity index (χ3n) is 4.45. The summed E-state index contributed by atoms with van der Waals surface area (Å²) < 4.78 is 4.22. The van der Waals surface area contributed by atoms with E-state index in [4.69, 9.17) is 17.3 Å². The Bertz CT molecular complexity index is 1250. The highest BCUT2D eigenvalue weighted by atomic mass is 127. The van der Waals surface area contributed by atoms with Gasteiger partial charge < -0.3 is 10.3 Å². The van der Waals surface area contributed by atoms with Crippen LogP contribution in [0.2, 0.25) is 5.02 Å². The molecule has 0 fully saturated rings. The van der Waals surface area contributed by atoms with Gasteiger partial charge in [-0.15, -0.1) is 0 Å². The van der Waals surface area contributed by atoms with Crippen LogP contribution in [0.25, 0.3) is 21.8 Å². The number of aromatic nitrogens is 5. The zero-order valence-corrected chi connectivity index (χ0v) is 17.6. The summed E-state index contributed by atoms with van der Waals surface area (Å²) in [5, 5.41) is 7.07. The van der Waals surface area contributed by atoms with Crippen molar-refractivity contribution in [3.05, 3.63) is 55.4 Å². The second-order valence-electron chi connectivity index (χ2n) is 6.51. The maximum atomic E-state index is 13.1. The van der Waals surface area contributed by atoms with Crippen molar-refractivity contribution < 1.29 is 0 Å². The first-order chi connectivity index (χ1) is 12.9. The Morgan fingerprint density at radius 3 is 2.78 bits per heavy atom. The van der Waals surface area contributed by atoms with E-state index in [0.29, 0.717) is 28.4 Å². The minimum atomic E-state index is -0.108. The summed E-state index contributed by atoms with van der Waals surface area (Å²) >= 11 is 8.40. The van der Waals surface area contributed by atoms with Crippen LogP contribution in [0, 0.1) is 3.70 Å². The van der Waals surface area contributed by atoms with Crippen LogP contribution in [0.5, 0.6) is 0 Å². The Morgan fingerprint density at radius 2 is 2.04 bits per heavy atom. The highest BCUT2D eigenvalue weighted by Gasteiger charge is 2.18. The number of benzene rings is 1. The number of nitrogens with zero attached hydrogens (tertiary/aromatic N) is 5. The van der Waals surface area contributed by atoms with Crippen LogP contribution in [0.15, 0.2) is 35.4 Å². The predicted molar refractivity (Wildman–Crippen MR) is 115 cm³/mol. The SMILES string of the molecule is CC(C)n1c(Cn2nc(I)c3c(N)ncnc32)cc2cccc(Cl)c2c1=O. The molecule has 0 aliphatic rings. The van der Waals surface area contributed by atoms with Crippen LogP contribution in [-0.2, 0) is 6.54 Å². The first-order valence-electron chi connectivity index (χ1n) is 8.33. The minimum Gasteiger partial charge on any atom is -0.383 e. The van der Waals surface area contributed by atoms with Crippen molar-refractivity contribution in [2.24, 2.45) is 0 Å². The van der Waals surface area contributed by atoms with Crippen molar-refractivity contribution in [3.63, 3.8) is 0 Å². The molecule has 138 valence electrons. The summed E-state index contributed by atoms with van der Waals surface area (Å²) in [6.07, 6.45) is 1.42. The second-order valence-corrected chi connectivity index (χ2v) is 7.94. The van der Waals surface area contributed by atoms with E-state index < -0.39 is 0 Å². The average molecular weight is 495 g/mol. The summed E-state index contributed by atoms with van der Waals surface area (Å²) in [6.45, 7) is 4.32. The highest BCUT2D eigenvalue weighted by Crippen LogP contribution is 2.25. The summed E-state index contributed by atoms with van der Waals surface area (Å²) in [5.74, 6) is 0.391. The summed E-state index contributed by atoms with van der Waals surface area (Å²) in [5.41, 5.74) is 7.33. The smallest absolute Gasteiger partial charge is 0.260 e. The number of hydrogen-bond donors (Lipinski definition) is 1. The summed E-state index contributed by atoms with van der Waals surface area (Å²) in [6, 6.07) is 7.41. The third kappa shape index (κ3) is 2.96. The van der Waals surface area contributed by atoms with E-state index in [1.807, 2.05) is 32.0 Å². The molecule has 0 aliphatic carbocycles. The molecule has 3 heterocycles. The molecule has 0 unspecified atom stereocenters. The lowest BCUT2D eigenvalue weighted by atomic mass is 10.1. The Balaban J connectivity index is 1.97. The van der Waals surface area contributed by atoms with Crippen molar-refractivity contribution in [2.45, 2.75) is 26.4 Å². The van der Waals surface area contributed by atoms with E-state index in [1.54, 1.807) is 15.3 Å². The van der Waals surface area contributed by atoms with Crippen LogP contribution in [0.1, 0.15) is 25.6 Å². The fourth-order valence-corrected chi connectivity index (χ4v) is 4.37. The highest BCUT2D eigenvalue weighted by molar-refractivity contribution is 14.1. The number of pyridine rings is 1. The average Bonchev–Trinajstić information content (AvgIpc) is 2.91. The zero-order chi connectivity index (χ0) is 19.3. The molecule has 9 heteroatoms. The standard InChI is InChI=1S/C18H16ClIN6O/c1-9(2)26-11(6-10-4-3-5-12(19)13(10)18(26)27)7-25-17-14(15(20)24-25)16(21)22-8-23-17/h3-6,8-9H,7H2,1-2H3,(H2,21,22,23). The van der Waals surface area contributed by atoms with Crippen molar-refractivity contribution in [2.75, 3.05) is 5.73 Å². The van der Waals surface area contributed by atoms with E-state index in [1.165, 1.54) is 6.33 Å². The van der Waals surface area contributed by atoms with Gasteiger partial charge in [0.2, 0.25) is 0 Å². The molecule has 4 rings (SSSR count). The normalized spacial score (nSPS) is 11.7. The number of hydrogen-bond acceptors (Lipinski definition) is 5. The fraction of sp³-hybridized carbons (Fsp3) is 0.222. The molecular weight excluding hydrogens is 479 g/mol. The number of halogens is 2. The third-order valence-corrected chi connectivity index (χ3v) is 5.52. The Labute approximate surface area is 173 Å². The fourth-order valence-electron chi connectivity index (χ4n) is 3.32. The molecule has 0 spiro atoms. The van der Waals surface area contributed by atoms with Crippen molar-refractivity contribution in [3.8, 4) is 0 Å². The summed E-state index contributed by atoms with van der Waals surface area (Å²) in [4.78, 5) is 21.5. The van der Waals surface area contributed by atoms with Gasteiger partial charge in [-0.2, -0.15) is 5.10 Å². The molecule has 1 aromatic carbocycles. The molecule has 0 radical (unpaired) electrons. The lowest BCUT2D eigenvalue weighted by molar-refractivity contribution is 0.533. The monoisotopic (exact) mass is 494 g/mol. The zero-order valence-electron chi connectivity index (χ0n) is 14.6. The molecule has 0 aliphatic heterocycles. The van der Waals surface area contributed by atoms with E-state index in [2.05, 4.69) is 37.7 Å². The van der Waals surface area contributed by atoms with Gasteiger partial charge in [-0.05, 0) is 54.0 Å². The number of nitrogens with two attached hydrogens (primary N) is 1. The van der Waals surface area contributed by atoms with E-state index in [0.717, 1.165) is 20.2 Å². The van der Waals surface area contributed by atoms with Gasteiger partial charge in [0, 0.05) is 11.7 Å². The molecule has 7 nitrogen and oxygen atoms in total. The molecule has 0 saturated carbocycles. The maximum absolute atomic E-state index is 13.1. The summed E-state index contributed by atoms with van der Waals surface area (Å²) in [7, 11) is 0. The van der Waals surface area contributed by atoms with E-state index >= 15 is 0 Å². The molecule has 2 N–H and O–H groups in total. The van der Waals surface area contributed by atoms with Gasteiger partial charge in [0.25, 0.3) is 5.56 Å². The van der Waals surface area contributed by atoms with Gasteiger partial charge in [-0.3, -0.25) is 4.79 Å². The lowest BCUT2D eigenvalue weighted by Gasteiger charge is -2.18. The van der Waals surface area contributed by atoms with Gasteiger partial charge in [0.15, 0.2) is 5.65 Å². The first kappa shape index (κ1) is 18.2. The Morgan fingerprint density at radius 1 is 1.26 bits per heavy atom. The van der Waals surface area contributed by atoms with E-state index in [-0.39, 0.29) is 11.6 Å². The molecular formula is C18H16ClIN6O. The van der Waals surface area contributed by atoms with E-state index in [9.17, 15) is 4.79 Å². The van der Waals surface area contributed by atoms with Crippen LogP contribution in [0.4, 0.5) is 5.82 Å². The van der Waals surface area contributed by atoms with Gasteiger partial charge in [0.05, 0.1) is 22.3 Å². The Kier molecular flexibility index (Phi) is 4.55. The van der Waals surface area contributed by atoms with Crippen molar-refractivity contribution >= 4 is 61.8 Å². The lowest BCUT2D eigenvalue weighted by Crippen LogP contribution is -2.27. The molecule has 0 amide bonds. The molecule has 3 aromatic heterocycles. The number of fused-ring (bicyclic) bond motifs is 2. The molecule has 0 bridgehead atoms. The second kappa shape index (κ2) is 6.75.